The van der Waals surface area contributed by atoms with Crippen molar-refractivity contribution in [1.29, 1.82) is 0 Å². The van der Waals surface area contributed by atoms with E-state index < -0.39 is 10.0 Å². The van der Waals surface area contributed by atoms with Crippen molar-refractivity contribution in [2.24, 2.45) is 5.92 Å². The SMILES string of the molecule is COc1ccc(S(=O)(=O)N2CCCCC2)cc1NC(=O)CN1CCN(C(=O)C2CC2)CC1. The Kier molecular flexibility index (Phi) is 7.02. The summed E-state index contributed by atoms with van der Waals surface area (Å²) >= 11 is 0. The van der Waals surface area contributed by atoms with Crippen LogP contribution in [0, 0.1) is 5.92 Å². The summed E-state index contributed by atoms with van der Waals surface area (Å²) in [6.07, 6.45) is 4.75. The molecule has 2 amide bonds. The Morgan fingerprint density at radius 2 is 1.72 bits per heavy atom. The summed E-state index contributed by atoms with van der Waals surface area (Å²) in [5.41, 5.74) is 0.345. The lowest BCUT2D eigenvalue weighted by Gasteiger charge is -2.34. The summed E-state index contributed by atoms with van der Waals surface area (Å²) in [5.74, 6) is 0.630. The third-order valence-electron chi connectivity index (χ3n) is 6.38. The quantitative estimate of drug-likeness (QED) is 0.654. The minimum absolute atomic E-state index is 0.155. The zero-order chi connectivity index (χ0) is 22.7. The van der Waals surface area contributed by atoms with Gasteiger partial charge in [-0.25, -0.2) is 8.42 Å². The van der Waals surface area contributed by atoms with Gasteiger partial charge < -0.3 is 15.0 Å². The summed E-state index contributed by atoms with van der Waals surface area (Å²) in [6.45, 7) is 3.78. The van der Waals surface area contributed by atoms with Crippen molar-refractivity contribution < 1.29 is 22.7 Å². The van der Waals surface area contributed by atoms with E-state index in [1.807, 2.05) is 9.80 Å². The molecule has 176 valence electrons. The van der Waals surface area contributed by atoms with Crippen LogP contribution in [0.15, 0.2) is 23.1 Å². The molecule has 1 saturated carbocycles. The number of sulfonamides is 1. The maximum atomic E-state index is 13.0. The number of piperidine rings is 1. The van der Waals surface area contributed by atoms with Gasteiger partial charge in [-0.05, 0) is 43.9 Å². The molecule has 0 spiro atoms. The molecule has 32 heavy (non-hydrogen) atoms. The molecule has 2 aliphatic heterocycles. The van der Waals surface area contributed by atoms with Crippen LogP contribution in [0.3, 0.4) is 0 Å². The van der Waals surface area contributed by atoms with Crippen molar-refractivity contribution in [2.45, 2.75) is 37.0 Å². The van der Waals surface area contributed by atoms with Gasteiger partial charge in [0.25, 0.3) is 0 Å². The van der Waals surface area contributed by atoms with Gasteiger partial charge in [-0.2, -0.15) is 4.31 Å². The largest absolute Gasteiger partial charge is 0.495 e. The van der Waals surface area contributed by atoms with Crippen LogP contribution in [0.25, 0.3) is 0 Å². The highest BCUT2D eigenvalue weighted by Crippen LogP contribution is 2.32. The van der Waals surface area contributed by atoms with E-state index in [0.717, 1.165) is 32.1 Å². The first-order valence-corrected chi connectivity index (χ1v) is 12.8. The number of ether oxygens (including phenoxy) is 1. The van der Waals surface area contributed by atoms with Crippen LogP contribution in [0.4, 0.5) is 5.69 Å². The van der Waals surface area contributed by atoms with E-state index in [4.69, 9.17) is 4.74 Å². The van der Waals surface area contributed by atoms with Gasteiger partial charge in [-0.15, -0.1) is 0 Å². The summed E-state index contributed by atoms with van der Waals surface area (Å²) in [5, 5.41) is 2.82. The van der Waals surface area contributed by atoms with Crippen LogP contribution in [0.1, 0.15) is 32.1 Å². The molecule has 1 N–H and O–H groups in total. The summed E-state index contributed by atoms with van der Waals surface area (Å²) < 4.78 is 32.9. The number of carbonyl (C=O) groups is 2. The predicted octanol–water partition coefficient (Wildman–Crippen LogP) is 1.36. The van der Waals surface area contributed by atoms with Crippen molar-refractivity contribution in [3.05, 3.63) is 18.2 Å². The Morgan fingerprint density at radius 1 is 1.03 bits per heavy atom. The molecular formula is C22H32N4O5S. The van der Waals surface area contributed by atoms with Crippen LogP contribution in [-0.4, -0.2) is 87.3 Å². The van der Waals surface area contributed by atoms with E-state index in [0.29, 0.717) is 50.7 Å². The Balaban J connectivity index is 1.38. The Labute approximate surface area is 189 Å². The normalized spacial score (nSPS) is 20.7. The fourth-order valence-electron chi connectivity index (χ4n) is 4.31. The van der Waals surface area contributed by atoms with Crippen molar-refractivity contribution in [1.82, 2.24) is 14.1 Å². The molecule has 2 heterocycles. The van der Waals surface area contributed by atoms with Gasteiger partial charge in [0.2, 0.25) is 21.8 Å². The second kappa shape index (κ2) is 9.76. The summed E-state index contributed by atoms with van der Waals surface area (Å²) in [6, 6.07) is 4.58. The van der Waals surface area contributed by atoms with Gasteiger partial charge in [-0.1, -0.05) is 6.42 Å². The second-order valence-corrected chi connectivity index (χ2v) is 10.7. The van der Waals surface area contributed by atoms with Gasteiger partial charge in [-0.3, -0.25) is 14.5 Å². The van der Waals surface area contributed by atoms with Crippen LogP contribution in [-0.2, 0) is 19.6 Å². The van der Waals surface area contributed by atoms with E-state index in [1.54, 1.807) is 6.07 Å². The number of methoxy groups -OCH3 is 1. The molecule has 0 unspecified atom stereocenters. The number of nitrogens with one attached hydrogen (secondary N) is 1. The van der Waals surface area contributed by atoms with Crippen molar-refractivity contribution in [3.8, 4) is 5.75 Å². The third-order valence-corrected chi connectivity index (χ3v) is 8.27. The molecule has 0 atom stereocenters. The number of nitrogens with zero attached hydrogens (tertiary/aromatic N) is 3. The number of anilines is 1. The molecule has 1 aliphatic carbocycles. The average molecular weight is 465 g/mol. The van der Waals surface area contributed by atoms with E-state index in [1.165, 1.54) is 23.5 Å². The second-order valence-electron chi connectivity index (χ2n) is 8.75. The van der Waals surface area contributed by atoms with Gasteiger partial charge in [0.05, 0.1) is 24.2 Å². The molecule has 10 heteroatoms. The number of rotatable bonds is 7. The standard InChI is InChI=1S/C22H32N4O5S/c1-31-20-8-7-18(32(29,30)26-9-3-2-4-10-26)15-19(20)23-21(27)16-24-11-13-25(14-12-24)22(28)17-5-6-17/h7-8,15,17H,2-6,9-14,16H2,1H3,(H,23,27). The molecule has 0 radical (unpaired) electrons. The lowest BCUT2D eigenvalue weighted by Crippen LogP contribution is -2.50. The maximum Gasteiger partial charge on any atom is 0.243 e. The van der Waals surface area contributed by atoms with E-state index in [9.17, 15) is 18.0 Å². The summed E-state index contributed by atoms with van der Waals surface area (Å²) in [7, 11) is -2.12. The minimum Gasteiger partial charge on any atom is -0.495 e. The zero-order valence-electron chi connectivity index (χ0n) is 18.6. The first-order chi connectivity index (χ1) is 15.4. The lowest BCUT2D eigenvalue weighted by atomic mass is 10.2. The minimum atomic E-state index is -3.61. The molecule has 1 aromatic rings. The molecule has 0 bridgehead atoms. The number of carbonyl (C=O) groups excluding carboxylic acids is 2. The van der Waals surface area contributed by atoms with Gasteiger partial charge >= 0.3 is 0 Å². The third kappa shape index (κ3) is 5.24. The highest BCUT2D eigenvalue weighted by Gasteiger charge is 2.34. The number of amides is 2. The van der Waals surface area contributed by atoms with Gasteiger partial charge in [0.1, 0.15) is 5.75 Å². The molecule has 2 saturated heterocycles. The number of piperazine rings is 1. The van der Waals surface area contributed by atoms with Gasteiger partial charge in [0.15, 0.2) is 0 Å². The van der Waals surface area contributed by atoms with Crippen molar-refractivity contribution in [2.75, 3.05) is 58.2 Å². The highest BCUT2D eigenvalue weighted by molar-refractivity contribution is 7.89. The van der Waals surface area contributed by atoms with Crippen molar-refractivity contribution >= 4 is 27.5 Å². The fraction of sp³-hybridized carbons (Fsp3) is 0.636. The summed E-state index contributed by atoms with van der Waals surface area (Å²) in [4.78, 5) is 28.9. The van der Waals surface area contributed by atoms with Crippen LogP contribution >= 0.6 is 0 Å². The fourth-order valence-corrected chi connectivity index (χ4v) is 5.85. The smallest absolute Gasteiger partial charge is 0.243 e. The zero-order valence-corrected chi connectivity index (χ0v) is 19.4. The monoisotopic (exact) mass is 464 g/mol. The number of benzene rings is 1. The highest BCUT2D eigenvalue weighted by atomic mass is 32.2. The average Bonchev–Trinajstić information content (AvgIpc) is 3.65. The molecule has 0 aromatic heterocycles. The van der Waals surface area contributed by atoms with Gasteiger partial charge in [0, 0.05) is 45.2 Å². The molecule has 9 nitrogen and oxygen atoms in total. The van der Waals surface area contributed by atoms with E-state index >= 15 is 0 Å². The number of hydrogen-bond donors (Lipinski definition) is 1. The van der Waals surface area contributed by atoms with Crippen molar-refractivity contribution in [3.63, 3.8) is 0 Å². The van der Waals surface area contributed by atoms with Crippen LogP contribution in [0.5, 0.6) is 5.75 Å². The molecule has 4 rings (SSSR count). The first-order valence-electron chi connectivity index (χ1n) is 11.4. The molecule has 1 aromatic carbocycles. The van der Waals surface area contributed by atoms with Crippen LogP contribution in [0.2, 0.25) is 0 Å². The Bertz CT molecular complexity index is 949. The predicted molar refractivity (Wildman–Crippen MR) is 120 cm³/mol. The molecule has 3 fully saturated rings. The Hall–Kier alpha value is -2.17. The Morgan fingerprint density at radius 3 is 2.34 bits per heavy atom. The van der Waals surface area contributed by atoms with E-state index in [2.05, 4.69) is 5.32 Å². The maximum absolute atomic E-state index is 13.0. The first kappa shape index (κ1) is 23.0. The molecular weight excluding hydrogens is 432 g/mol. The van der Waals surface area contributed by atoms with E-state index in [-0.39, 0.29) is 29.2 Å². The topological polar surface area (TPSA) is 99.3 Å². The molecule has 3 aliphatic rings. The lowest BCUT2D eigenvalue weighted by molar-refractivity contribution is -0.134. The van der Waals surface area contributed by atoms with Crippen LogP contribution < -0.4 is 10.1 Å². The number of hydrogen-bond acceptors (Lipinski definition) is 6.